The summed E-state index contributed by atoms with van der Waals surface area (Å²) < 4.78 is 31.3. The van der Waals surface area contributed by atoms with Gasteiger partial charge in [0, 0.05) is 32.2 Å². The van der Waals surface area contributed by atoms with Crippen molar-refractivity contribution in [1.29, 1.82) is 0 Å². The van der Waals surface area contributed by atoms with Crippen molar-refractivity contribution in [2.24, 2.45) is 11.8 Å². The number of piperazine rings is 1. The van der Waals surface area contributed by atoms with Crippen molar-refractivity contribution >= 4 is 32.8 Å². The van der Waals surface area contributed by atoms with E-state index in [1.54, 1.807) is 6.92 Å². The normalized spacial score (nSPS) is 20.7. The summed E-state index contributed by atoms with van der Waals surface area (Å²) in [6, 6.07) is 10.8. The molecule has 2 fully saturated rings. The highest BCUT2D eigenvalue weighted by molar-refractivity contribution is 7.86. The molecule has 0 bridgehead atoms. The molecule has 0 radical (unpaired) electrons. The molecular formula is C38H61N5O6S. The second kappa shape index (κ2) is 18.2. The quantitative estimate of drug-likeness (QED) is 0.208. The Morgan fingerprint density at radius 1 is 0.900 bits per heavy atom. The van der Waals surface area contributed by atoms with E-state index in [9.17, 15) is 28.2 Å². The lowest BCUT2D eigenvalue weighted by Crippen LogP contribution is -2.62. The fourth-order valence-corrected chi connectivity index (χ4v) is 9.30. The van der Waals surface area contributed by atoms with Gasteiger partial charge in [-0.05, 0) is 67.8 Å². The molecule has 2 amide bonds. The molecule has 0 spiro atoms. The van der Waals surface area contributed by atoms with E-state index in [-0.39, 0.29) is 24.3 Å². The first-order valence-electron chi connectivity index (χ1n) is 18.6. The van der Waals surface area contributed by atoms with Gasteiger partial charge in [0.15, 0.2) is 0 Å². The van der Waals surface area contributed by atoms with Crippen LogP contribution in [0.1, 0.15) is 85.1 Å². The Morgan fingerprint density at radius 3 is 2.16 bits per heavy atom. The number of carbonyl (C=O) groups is 2. The minimum Gasteiger partial charge on any atom is -0.390 e. The number of hydrogen-bond donors (Lipinski definition) is 4. The van der Waals surface area contributed by atoms with Crippen molar-refractivity contribution in [3.8, 4) is 0 Å². The first-order chi connectivity index (χ1) is 23.7. The zero-order valence-electron chi connectivity index (χ0n) is 30.9. The molecule has 1 aliphatic heterocycles. The lowest BCUT2D eigenvalue weighted by molar-refractivity contribution is -0.133. The van der Waals surface area contributed by atoms with E-state index in [0.29, 0.717) is 51.9 Å². The highest BCUT2D eigenvalue weighted by Gasteiger charge is 2.43. The Labute approximate surface area is 300 Å². The Morgan fingerprint density at radius 2 is 1.54 bits per heavy atom. The van der Waals surface area contributed by atoms with Crippen molar-refractivity contribution in [3.63, 3.8) is 0 Å². The second-order valence-electron chi connectivity index (χ2n) is 15.1. The van der Waals surface area contributed by atoms with Crippen LogP contribution in [-0.2, 0) is 26.2 Å². The molecule has 280 valence electrons. The number of benzene rings is 2. The molecular weight excluding hydrogens is 655 g/mol. The van der Waals surface area contributed by atoms with Crippen molar-refractivity contribution < 1.29 is 28.2 Å². The Bertz CT molecular complexity index is 1510. The zero-order valence-corrected chi connectivity index (χ0v) is 31.7. The number of hydrogen-bond acceptors (Lipinski definition) is 7. The fourth-order valence-electron chi connectivity index (χ4n) is 7.32. The number of fused-ring (bicyclic) bond motifs is 1. The van der Waals surface area contributed by atoms with Crippen LogP contribution in [0.25, 0.3) is 10.8 Å². The van der Waals surface area contributed by atoms with Crippen molar-refractivity contribution in [2.45, 2.75) is 122 Å². The van der Waals surface area contributed by atoms with Gasteiger partial charge in [-0.3, -0.25) is 9.59 Å². The molecule has 0 aromatic heterocycles. The van der Waals surface area contributed by atoms with Crippen LogP contribution in [0.4, 0.5) is 0 Å². The highest BCUT2D eigenvalue weighted by atomic mass is 32.2. The fraction of sp³-hybridized carbons (Fsp3) is 0.684. The smallest absolute Gasteiger partial charge is 0.283 e. The zero-order chi connectivity index (χ0) is 36.6. The molecule has 12 heteroatoms. The number of carbonyl (C=O) groups excluding carboxylic acids is 2. The lowest BCUT2D eigenvalue weighted by Gasteiger charge is -2.42. The lowest BCUT2D eigenvalue weighted by atomic mass is 9.91. The van der Waals surface area contributed by atoms with Gasteiger partial charge >= 0.3 is 0 Å². The molecule has 1 saturated heterocycles. The summed E-state index contributed by atoms with van der Waals surface area (Å²) in [5.74, 6) is -1.17. The number of likely N-dealkylation sites (N-methyl/N-ethyl adjacent to an activating group) is 1. The van der Waals surface area contributed by atoms with E-state index >= 15 is 0 Å². The molecule has 11 nitrogen and oxygen atoms in total. The second-order valence-corrected chi connectivity index (χ2v) is 16.9. The van der Waals surface area contributed by atoms with Crippen molar-refractivity contribution in [3.05, 3.63) is 48.0 Å². The summed E-state index contributed by atoms with van der Waals surface area (Å²) in [5, 5.41) is 30.4. The van der Waals surface area contributed by atoms with Crippen LogP contribution in [0, 0.1) is 11.8 Å². The van der Waals surface area contributed by atoms with Crippen LogP contribution in [0.5, 0.6) is 0 Å². The van der Waals surface area contributed by atoms with E-state index in [1.807, 2.05) is 77.2 Å². The molecule has 0 unspecified atom stereocenters. The summed E-state index contributed by atoms with van der Waals surface area (Å²) >= 11 is 0. The average Bonchev–Trinajstić information content (AvgIpc) is 3.09. The third kappa shape index (κ3) is 10.3. The molecule has 4 N–H and O–H groups in total. The van der Waals surface area contributed by atoms with E-state index in [2.05, 4.69) is 15.5 Å². The molecule has 2 aliphatic rings. The molecule has 2 aromatic carbocycles. The number of rotatable bonds is 16. The van der Waals surface area contributed by atoms with Gasteiger partial charge in [-0.2, -0.15) is 17.0 Å². The molecule has 50 heavy (non-hydrogen) atoms. The van der Waals surface area contributed by atoms with Crippen LogP contribution in [-0.4, -0.2) is 114 Å². The summed E-state index contributed by atoms with van der Waals surface area (Å²) in [6.07, 6.45) is 3.08. The predicted molar refractivity (Wildman–Crippen MR) is 199 cm³/mol. The number of nitrogens with zero attached hydrogens (tertiary/aromatic N) is 3. The molecule has 2 aromatic rings. The highest BCUT2D eigenvalue weighted by Crippen LogP contribution is 2.29. The van der Waals surface area contributed by atoms with Crippen molar-refractivity contribution in [1.82, 2.24) is 24.1 Å². The average molecular weight is 716 g/mol. The standard InChI is InChI=1S/C38H61N5O6S/c1-7-27(4)35(40-37(46)28(5)43(32-15-9-8-10-16-32)50(48,49)42-21-19-41(6)20-22-42)38(47)39-33(36(45)34(44)23-26(2)3)25-29-17-18-30-13-11-12-14-31(30)24-29/h11-14,17-18,24,26-28,32-36,44-45H,7-10,15-16,19-23,25H2,1-6H3,(H,39,47)(H,40,46)/t27-,28-,33-,34-,35-,36+/m0/s1. The molecule has 1 aliphatic carbocycles. The molecule has 6 atom stereocenters. The summed E-state index contributed by atoms with van der Waals surface area (Å²) in [6.45, 7) is 11.3. The maximum Gasteiger partial charge on any atom is 0.283 e. The van der Waals surface area contributed by atoms with E-state index in [4.69, 9.17) is 0 Å². The largest absolute Gasteiger partial charge is 0.390 e. The topological polar surface area (TPSA) is 143 Å². The number of nitrogens with one attached hydrogen (secondary N) is 2. The first-order valence-corrected chi connectivity index (χ1v) is 20.0. The monoisotopic (exact) mass is 715 g/mol. The van der Waals surface area contributed by atoms with Crippen molar-refractivity contribution in [2.75, 3.05) is 33.2 Å². The minimum atomic E-state index is -3.96. The van der Waals surface area contributed by atoms with Gasteiger partial charge in [-0.15, -0.1) is 0 Å². The van der Waals surface area contributed by atoms with Gasteiger partial charge in [0.1, 0.15) is 18.2 Å². The Kier molecular flexibility index (Phi) is 14.7. The summed E-state index contributed by atoms with van der Waals surface area (Å²) in [5.41, 5.74) is 0.889. The number of aliphatic hydroxyl groups is 2. The van der Waals surface area contributed by atoms with Crippen LogP contribution >= 0.6 is 0 Å². The van der Waals surface area contributed by atoms with Gasteiger partial charge < -0.3 is 25.7 Å². The van der Waals surface area contributed by atoms with Gasteiger partial charge in [-0.1, -0.05) is 95.8 Å². The summed E-state index contributed by atoms with van der Waals surface area (Å²) in [7, 11) is -1.99. The number of aliphatic hydroxyl groups excluding tert-OH is 2. The SMILES string of the molecule is CC[C@H](C)[C@H](NC(=O)[C@H](C)N(C1CCCCC1)S(=O)(=O)N1CCN(C)CC1)C(=O)N[C@@H](Cc1ccc2ccccc2c1)[C@@H](O)[C@@H](O)CC(C)C. The maximum atomic E-state index is 14.2. The maximum absolute atomic E-state index is 14.2. The van der Waals surface area contributed by atoms with Crippen LogP contribution in [0.15, 0.2) is 42.5 Å². The summed E-state index contributed by atoms with van der Waals surface area (Å²) in [4.78, 5) is 30.3. The minimum absolute atomic E-state index is 0.125. The number of amides is 2. The molecule has 4 rings (SSSR count). The predicted octanol–water partition coefficient (Wildman–Crippen LogP) is 3.68. The van der Waals surface area contributed by atoms with Gasteiger partial charge in [0.2, 0.25) is 11.8 Å². The molecule has 1 saturated carbocycles. The van der Waals surface area contributed by atoms with Crippen LogP contribution in [0.3, 0.4) is 0 Å². The Hall–Kier alpha value is -2.61. The van der Waals surface area contributed by atoms with Gasteiger partial charge in [0.25, 0.3) is 10.2 Å². The van der Waals surface area contributed by atoms with Crippen LogP contribution < -0.4 is 10.6 Å². The van der Waals surface area contributed by atoms with Crippen LogP contribution in [0.2, 0.25) is 0 Å². The molecule has 1 heterocycles. The third-order valence-electron chi connectivity index (χ3n) is 10.7. The van der Waals surface area contributed by atoms with E-state index in [0.717, 1.165) is 35.6 Å². The Balaban J connectivity index is 1.58. The third-order valence-corrected chi connectivity index (χ3v) is 12.8. The van der Waals surface area contributed by atoms with E-state index < -0.39 is 52.4 Å². The first kappa shape index (κ1) is 40.2. The van der Waals surface area contributed by atoms with E-state index in [1.165, 1.54) is 8.61 Å². The van der Waals surface area contributed by atoms with Gasteiger partial charge in [0.05, 0.1) is 12.1 Å². The van der Waals surface area contributed by atoms with Gasteiger partial charge in [-0.25, -0.2) is 0 Å².